The molecule has 1 N–H and O–H groups in total. The molecule has 8 heteroatoms. The maximum absolute atomic E-state index is 12.4. The van der Waals surface area contributed by atoms with Gasteiger partial charge < -0.3 is 14.8 Å². The molecule has 7 nitrogen and oxygen atoms in total. The molecule has 4 aromatic rings. The summed E-state index contributed by atoms with van der Waals surface area (Å²) in [6, 6.07) is 15.6. The monoisotopic (exact) mass is 418 g/mol. The van der Waals surface area contributed by atoms with E-state index in [0.717, 1.165) is 28.3 Å². The zero-order valence-corrected chi connectivity index (χ0v) is 16.8. The maximum Gasteiger partial charge on any atom is 0.231 e. The second-order valence-electron chi connectivity index (χ2n) is 6.78. The Balaban J connectivity index is 1.18. The van der Waals surface area contributed by atoms with Crippen molar-refractivity contribution in [2.75, 3.05) is 12.1 Å². The van der Waals surface area contributed by atoms with Gasteiger partial charge in [0.1, 0.15) is 0 Å². The van der Waals surface area contributed by atoms with Gasteiger partial charge in [-0.3, -0.25) is 4.79 Å². The van der Waals surface area contributed by atoms with E-state index in [1.165, 1.54) is 11.3 Å². The van der Waals surface area contributed by atoms with E-state index in [4.69, 9.17) is 9.47 Å². The number of nitrogens with one attached hydrogen (secondary N) is 1. The Kier molecular flexibility index (Phi) is 4.90. The van der Waals surface area contributed by atoms with Crippen LogP contribution >= 0.6 is 11.3 Å². The van der Waals surface area contributed by atoms with Crippen molar-refractivity contribution in [3.05, 3.63) is 71.9 Å². The van der Waals surface area contributed by atoms with Gasteiger partial charge in [-0.2, -0.15) is 5.10 Å². The smallest absolute Gasteiger partial charge is 0.231 e. The normalized spacial score (nSPS) is 12.1. The Morgan fingerprint density at radius 3 is 2.90 bits per heavy atom. The van der Waals surface area contributed by atoms with Crippen LogP contribution < -0.4 is 14.8 Å². The number of anilines is 1. The molecule has 3 heterocycles. The number of aromatic nitrogens is 3. The molecule has 2 aromatic heterocycles. The third-order valence-electron chi connectivity index (χ3n) is 4.72. The van der Waals surface area contributed by atoms with Crippen molar-refractivity contribution in [1.29, 1.82) is 0 Å². The quantitative estimate of drug-likeness (QED) is 0.505. The second kappa shape index (κ2) is 8.00. The number of hydrogen-bond donors (Lipinski definition) is 1. The average molecular weight is 418 g/mol. The second-order valence-corrected chi connectivity index (χ2v) is 7.64. The fourth-order valence-electron chi connectivity index (χ4n) is 3.17. The lowest BCUT2D eigenvalue weighted by Gasteiger charge is -2.01. The highest BCUT2D eigenvalue weighted by molar-refractivity contribution is 7.14. The van der Waals surface area contributed by atoms with Crippen LogP contribution in [0.4, 0.5) is 5.13 Å². The van der Waals surface area contributed by atoms with Crippen molar-refractivity contribution in [3.8, 4) is 28.4 Å². The standard InChI is InChI=1S/C22H18N4O3S/c27-21(9-6-15-11-23-26(12-15)17-4-2-1-3-5-17)25-22-24-18(13-30-22)16-7-8-19-20(10-16)29-14-28-19/h1-5,7-8,10-13H,6,9,14H2,(H,24,25,27). The largest absolute Gasteiger partial charge is 0.454 e. The molecule has 0 spiro atoms. The van der Waals surface area contributed by atoms with Gasteiger partial charge in [-0.05, 0) is 42.3 Å². The van der Waals surface area contributed by atoms with Crippen LogP contribution in [0.5, 0.6) is 11.5 Å². The summed E-state index contributed by atoms with van der Waals surface area (Å²) in [5.74, 6) is 1.37. The lowest BCUT2D eigenvalue weighted by Crippen LogP contribution is -2.12. The molecule has 0 radical (unpaired) electrons. The molecule has 1 aliphatic heterocycles. The number of nitrogens with zero attached hydrogens (tertiary/aromatic N) is 3. The molecule has 5 rings (SSSR count). The van der Waals surface area contributed by atoms with Crippen molar-refractivity contribution < 1.29 is 14.3 Å². The Labute approximate surface area is 176 Å². The van der Waals surface area contributed by atoms with Crippen LogP contribution in [-0.2, 0) is 11.2 Å². The molecular formula is C22H18N4O3S. The fourth-order valence-corrected chi connectivity index (χ4v) is 3.91. The summed E-state index contributed by atoms with van der Waals surface area (Å²) >= 11 is 1.40. The van der Waals surface area contributed by atoms with Crippen LogP contribution in [0.3, 0.4) is 0 Å². The van der Waals surface area contributed by atoms with Crippen LogP contribution in [0, 0.1) is 0 Å². The van der Waals surface area contributed by atoms with Crippen molar-refractivity contribution in [2.24, 2.45) is 0 Å². The third-order valence-corrected chi connectivity index (χ3v) is 5.47. The number of aryl methyl sites for hydroxylation is 1. The van der Waals surface area contributed by atoms with Crippen LogP contribution in [0.15, 0.2) is 66.3 Å². The number of hydrogen-bond acceptors (Lipinski definition) is 6. The zero-order valence-electron chi connectivity index (χ0n) is 15.9. The number of para-hydroxylation sites is 1. The van der Waals surface area contributed by atoms with Crippen LogP contribution in [0.1, 0.15) is 12.0 Å². The van der Waals surface area contributed by atoms with Crippen LogP contribution in [-0.4, -0.2) is 27.5 Å². The fraction of sp³-hybridized carbons (Fsp3) is 0.136. The first kappa shape index (κ1) is 18.4. The number of thiazole rings is 1. The number of amides is 1. The summed E-state index contributed by atoms with van der Waals surface area (Å²) in [4.78, 5) is 16.9. The first-order valence-corrected chi connectivity index (χ1v) is 10.4. The van der Waals surface area contributed by atoms with Gasteiger partial charge in [0.2, 0.25) is 12.7 Å². The number of carbonyl (C=O) groups excluding carboxylic acids is 1. The average Bonchev–Trinajstić information content (AvgIpc) is 3.53. The molecule has 0 unspecified atom stereocenters. The van der Waals surface area contributed by atoms with Crippen molar-refractivity contribution in [3.63, 3.8) is 0 Å². The first-order chi connectivity index (χ1) is 14.7. The van der Waals surface area contributed by atoms with E-state index < -0.39 is 0 Å². The highest BCUT2D eigenvalue weighted by atomic mass is 32.1. The summed E-state index contributed by atoms with van der Waals surface area (Å²) < 4.78 is 12.6. The minimum absolute atomic E-state index is 0.0750. The van der Waals surface area contributed by atoms with E-state index in [1.54, 1.807) is 6.20 Å². The molecular weight excluding hydrogens is 400 g/mol. The molecule has 0 bridgehead atoms. The summed E-state index contributed by atoms with van der Waals surface area (Å²) in [5.41, 5.74) is 3.71. The lowest BCUT2D eigenvalue weighted by atomic mass is 10.1. The highest BCUT2D eigenvalue weighted by Crippen LogP contribution is 2.36. The van der Waals surface area contributed by atoms with Gasteiger partial charge >= 0.3 is 0 Å². The summed E-state index contributed by atoms with van der Waals surface area (Å²) in [6.07, 6.45) is 4.71. The van der Waals surface area contributed by atoms with Crippen LogP contribution in [0.25, 0.3) is 16.9 Å². The van der Waals surface area contributed by atoms with E-state index in [2.05, 4.69) is 15.4 Å². The lowest BCUT2D eigenvalue weighted by molar-refractivity contribution is -0.116. The molecule has 0 fully saturated rings. The van der Waals surface area contributed by atoms with E-state index in [1.807, 2.05) is 64.8 Å². The summed E-state index contributed by atoms with van der Waals surface area (Å²) in [5, 5.41) is 9.73. The number of rotatable bonds is 6. The SMILES string of the molecule is O=C(CCc1cnn(-c2ccccc2)c1)Nc1nc(-c2ccc3c(c2)OCO3)cs1. The Morgan fingerprint density at radius 1 is 1.13 bits per heavy atom. The predicted molar refractivity (Wildman–Crippen MR) is 114 cm³/mol. The topological polar surface area (TPSA) is 78.3 Å². The number of fused-ring (bicyclic) bond motifs is 1. The minimum atomic E-state index is -0.0750. The van der Waals surface area contributed by atoms with E-state index in [9.17, 15) is 4.79 Å². The van der Waals surface area contributed by atoms with E-state index in [-0.39, 0.29) is 12.7 Å². The molecule has 0 aliphatic carbocycles. The molecule has 0 saturated carbocycles. The van der Waals surface area contributed by atoms with Gasteiger partial charge in [0.05, 0.1) is 17.6 Å². The summed E-state index contributed by atoms with van der Waals surface area (Å²) in [7, 11) is 0. The highest BCUT2D eigenvalue weighted by Gasteiger charge is 2.15. The van der Waals surface area contributed by atoms with Gasteiger partial charge in [0.15, 0.2) is 16.6 Å². The van der Waals surface area contributed by atoms with Gasteiger partial charge in [0, 0.05) is 23.6 Å². The Morgan fingerprint density at radius 2 is 2.00 bits per heavy atom. The van der Waals surface area contributed by atoms with Gasteiger partial charge in [0.25, 0.3) is 0 Å². The number of ether oxygens (including phenoxy) is 2. The molecule has 0 atom stereocenters. The van der Waals surface area contributed by atoms with Gasteiger partial charge in [-0.15, -0.1) is 11.3 Å². The Hall–Kier alpha value is -3.65. The van der Waals surface area contributed by atoms with Crippen LogP contribution in [0.2, 0.25) is 0 Å². The number of carbonyl (C=O) groups is 1. The minimum Gasteiger partial charge on any atom is -0.454 e. The maximum atomic E-state index is 12.4. The number of benzene rings is 2. The summed E-state index contributed by atoms with van der Waals surface area (Å²) in [6.45, 7) is 0.238. The molecule has 30 heavy (non-hydrogen) atoms. The van der Waals surface area contributed by atoms with E-state index in [0.29, 0.717) is 23.7 Å². The Bertz CT molecular complexity index is 1190. The van der Waals surface area contributed by atoms with Gasteiger partial charge in [-0.25, -0.2) is 9.67 Å². The van der Waals surface area contributed by atoms with Crippen molar-refractivity contribution in [1.82, 2.24) is 14.8 Å². The first-order valence-electron chi connectivity index (χ1n) is 9.49. The molecule has 2 aromatic carbocycles. The molecule has 150 valence electrons. The van der Waals surface area contributed by atoms with Crippen molar-refractivity contribution in [2.45, 2.75) is 12.8 Å². The van der Waals surface area contributed by atoms with E-state index >= 15 is 0 Å². The zero-order chi connectivity index (χ0) is 20.3. The molecule has 1 amide bonds. The predicted octanol–water partition coefficient (Wildman–Crippen LogP) is 4.30. The molecule has 0 saturated heterocycles. The molecule has 1 aliphatic rings. The van der Waals surface area contributed by atoms with Crippen molar-refractivity contribution >= 4 is 22.4 Å². The third kappa shape index (κ3) is 3.90. The van der Waals surface area contributed by atoms with Gasteiger partial charge in [-0.1, -0.05) is 18.2 Å².